The third-order valence-corrected chi connectivity index (χ3v) is 5.87. The summed E-state index contributed by atoms with van der Waals surface area (Å²) >= 11 is 4.84. The Bertz CT molecular complexity index is 745. The highest BCUT2D eigenvalue weighted by Gasteiger charge is 2.11. The molecule has 0 aliphatic rings. The van der Waals surface area contributed by atoms with Crippen LogP contribution in [0.15, 0.2) is 36.4 Å². The number of hydrogen-bond donors (Lipinski definition) is 0. The maximum absolute atomic E-state index is 2.54. The second-order valence-corrected chi connectivity index (χ2v) is 8.73. The number of nitrogens with zero attached hydrogens (tertiary/aromatic N) is 1. The Labute approximate surface area is 166 Å². The summed E-state index contributed by atoms with van der Waals surface area (Å²) in [5, 5.41) is 2.78. The van der Waals surface area contributed by atoms with Crippen LogP contribution in [0.4, 0.5) is 0 Å². The monoisotopic (exact) mass is 531 g/mol. The topological polar surface area (TPSA) is 4.93 Å². The molecule has 3 heteroatoms. The second-order valence-electron chi connectivity index (χ2n) is 6.24. The van der Waals surface area contributed by atoms with Crippen molar-refractivity contribution in [2.24, 2.45) is 0 Å². The molecule has 0 spiro atoms. The number of rotatable bonds is 7. The molecule has 23 heavy (non-hydrogen) atoms. The quantitative estimate of drug-likeness (QED) is 0.222. The van der Waals surface area contributed by atoms with Gasteiger partial charge < -0.3 is 4.57 Å². The van der Waals surface area contributed by atoms with E-state index in [0.29, 0.717) is 0 Å². The molecule has 1 heterocycles. The van der Waals surface area contributed by atoms with Crippen LogP contribution in [0.1, 0.15) is 45.4 Å². The molecule has 122 valence electrons. The fraction of sp³-hybridized carbons (Fsp3) is 0.400. The maximum atomic E-state index is 2.54. The molecule has 3 aromatic rings. The molecule has 0 amide bonds. The van der Waals surface area contributed by atoms with E-state index in [4.69, 9.17) is 0 Å². The number of benzene rings is 2. The fourth-order valence-corrected chi connectivity index (χ4v) is 4.28. The lowest BCUT2D eigenvalue weighted by atomic mass is 10.1. The number of hydrogen-bond acceptors (Lipinski definition) is 0. The molecular weight excluding hydrogens is 508 g/mol. The lowest BCUT2D eigenvalue weighted by molar-refractivity contribution is 0.571. The molecule has 0 aliphatic heterocycles. The number of halogens is 2. The second kappa shape index (κ2) is 8.19. The molecule has 3 rings (SSSR count). The van der Waals surface area contributed by atoms with Gasteiger partial charge in [-0.05, 0) is 75.9 Å². The SMILES string of the molecule is CCCCCCCCn1c2cc(I)ccc2c2ccc(I)cc21. The summed E-state index contributed by atoms with van der Waals surface area (Å²) in [4.78, 5) is 0. The van der Waals surface area contributed by atoms with Crippen LogP contribution in [0.3, 0.4) is 0 Å². The normalized spacial score (nSPS) is 11.6. The molecule has 1 nitrogen and oxygen atoms in total. The van der Waals surface area contributed by atoms with Gasteiger partial charge in [0.05, 0.1) is 11.0 Å². The maximum Gasteiger partial charge on any atom is 0.0501 e. The highest BCUT2D eigenvalue weighted by Crippen LogP contribution is 2.31. The zero-order valence-corrected chi connectivity index (χ0v) is 17.9. The van der Waals surface area contributed by atoms with Crippen molar-refractivity contribution in [2.75, 3.05) is 0 Å². The fourth-order valence-electron chi connectivity index (χ4n) is 3.33. The van der Waals surface area contributed by atoms with Crippen molar-refractivity contribution >= 4 is 67.0 Å². The van der Waals surface area contributed by atoms with Crippen LogP contribution in [0.25, 0.3) is 21.8 Å². The van der Waals surface area contributed by atoms with E-state index >= 15 is 0 Å². The van der Waals surface area contributed by atoms with Crippen LogP contribution in [-0.2, 0) is 6.54 Å². The highest BCUT2D eigenvalue weighted by molar-refractivity contribution is 14.1. The van der Waals surface area contributed by atoms with Crippen molar-refractivity contribution in [3.05, 3.63) is 43.5 Å². The van der Waals surface area contributed by atoms with E-state index in [1.54, 1.807) is 0 Å². The van der Waals surface area contributed by atoms with E-state index in [0.717, 1.165) is 6.54 Å². The molecule has 2 aromatic carbocycles. The average Bonchev–Trinajstić information content (AvgIpc) is 2.83. The van der Waals surface area contributed by atoms with Crippen molar-refractivity contribution < 1.29 is 0 Å². The predicted octanol–water partition coefficient (Wildman–Crippen LogP) is 7.36. The summed E-state index contributed by atoms with van der Waals surface area (Å²) in [6.07, 6.45) is 8.09. The number of aromatic nitrogens is 1. The first kappa shape index (κ1) is 17.5. The van der Waals surface area contributed by atoms with Gasteiger partial charge in [-0.25, -0.2) is 0 Å². The molecule has 0 bridgehead atoms. The molecular formula is C20H23I2N. The highest BCUT2D eigenvalue weighted by atomic mass is 127. The van der Waals surface area contributed by atoms with E-state index in [2.05, 4.69) is 93.1 Å². The summed E-state index contributed by atoms with van der Waals surface area (Å²) < 4.78 is 5.17. The Hall–Kier alpha value is -0.300. The third-order valence-electron chi connectivity index (χ3n) is 4.53. The first-order chi connectivity index (χ1) is 11.2. The number of unbranched alkanes of at least 4 members (excludes halogenated alkanes) is 5. The van der Waals surface area contributed by atoms with Crippen LogP contribution >= 0.6 is 45.2 Å². The van der Waals surface area contributed by atoms with Gasteiger partial charge in [-0.2, -0.15) is 0 Å². The number of aryl methyl sites for hydroxylation is 1. The summed E-state index contributed by atoms with van der Waals surface area (Å²) in [6, 6.07) is 13.7. The lowest BCUT2D eigenvalue weighted by Crippen LogP contribution is -1.98. The van der Waals surface area contributed by atoms with Gasteiger partial charge in [0.25, 0.3) is 0 Å². The largest absolute Gasteiger partial charge is 0.340 e. The van der Waals surface area contributed by atoms with Crippen LogP contribution in [-0.4, -0.2) is 4.57 Å². The van der Waals surface area contributed by atoms with Gasteiger partial charge >= 0.3 is 0 Å². The van der Waals surface area contributed by atoms with E-state index in [1.807, 2.05) is 0 Å². The Kier molecular flexibility index (Phi) is 6.24. The van der Waals surface area contributed by atoms with Gasteiger partial charge in [-0.3, -0.25) is 0 Å². The predicted molar refractivity (Wildman–Crippen MR) is 118 cm³/mol. The minimum Gasteiger partial charge on any atom is -0.340 e. The van der Waals surface area contributed by atoms with Gasteiger partial charge in [0.2, 0.25) is 0 Å². The molecule has 0 aliphatic carbocycles. The Balaban J connectivity index is 1.89. The van der Waals surface area contributed by atoms with Crippen molar-refractivity contribution in [1.82, 2.24) is 4.57 Å². The van der Waals surface area contributed by atoms with Gasteiger partial charge in [0.1, 0.15) is 0 Å². The van der Waals surface area contributed by atoms with E-state index < -0.39 is 0 Å². The van der Waals surface area contributed by atoms with Crippen molar-refractivity contribution in [3.8, 4) is 0 Å². The van der Waals surface area contributed by atoms with Gasteiger partial charge in [0, 0.05) is 24.5 Å². The van der Waals surface area contributed by atoms with Crippen LogP contribution in [0, 0.1) is 7.14 Å². The summed E-state index contributed by atoms with van der Waals surface area (Å²) in [5.74, 6) is 0. The van der Waals surface area contributed by atoms with Crippen molar-refractivity contribution in [1.29, 1.82) is 0 Å². The molecule has 0 radical (unpaired) electrons. The molecule has 0 atom stereocenters. The standard InChI is InChI=1S/C20H23I2N/c1-2-3-4-5-6-7-12-23-19-13-15(21)8-10-17(19)18-11-9-16(22)14-20(18)23/h8-11,13-14H,2-7,12H2,1H3. The smallest absolute Gasteiger partial charge is 0.0501 e. The van der Waals surface area contributed by atoms with Crippen LogP contribution < -0.4 is 0 Å². The average molecular weight is 531 g/mol. The summed E-state index contributed by atoms with van der Waals surface area (Å²) in [6.45, 7) is 3.41. The van der Waals surface area contributed by atoms with E-state index in [-0.39, 0.29) is 0 Å². The lowest BCUT2D eigenvalue weighted by Gasteiger charge is -2.08. The Morgan fingerprint density at radius 3 is 1.83 bits per heavy atom. The van der Waals surface area contributed by atoms with Gasteiger partial charge in [0.15, 0.2) is 0 Å². The molecule has 0 fully saturated rings. The Morgan fingerprint density at radius 2 is 1.26 bits per heavy atom. The Morgan fingerprint density at radius 1 is 0.739 bits per heavy atom. The molecule has 0 saturated heterocycles. The van der Waals surface area contributed by atoms with E-state index in [1.165, 1.54) is 67.5 Å². The van der Waals surface area contributed by atoms with Crippen LogP contribution in [0.2, 0.25) is 0 Å². The molecule has 1 aromatic heterocycles. The number of fused-ring (bicyclic) bond motifs is 3. The first-order valence-corrected chi connectivity index (χ1v) is 10.7. The van der Waals surface area contributed by atoms with Crippen LogP contribution in [0.5, 0.6) is 0 Å². The third kappa shape index (κ3) is 4.03. The van der Waals surface area contributed by atoms with Gasteiger partial charge in [-0.15, -0.1) is 0 Å². The molecule has 0 unspecified atom stereocenters. The zero-order valence-electron chi connectivity index (χ0n) is 13.6. The van der Waals surface area contributed by atoms with Crippen molar-refractivity contribution in [2.45, 2.75) is 52.0 Å². The minimum absolute atomic E-state index is 1.13. The summed E-state index contributed by atoms with van der Waals surface area (Å²) in [5.41, 5.74) is 2.78. The first-order valence-electron chi connectivity index (χ1n) is 8.57. The molecule has 0 saturated carbocycles. The molecule has 0 N–H and O–H groups in total. The van der Waals surface area contributed by atoms with Crippen molar-refractivity contribution in [3.63, 3.8) is 0 Å². The zero-order chi connectivity index (χ0) is 16.2. The van der Waals surface area contributed by atoms with Gasteiger partial charge in [-0.1, -0.05) is 51.2 Å². The summed E-state index contributed by atoms with van der Waals surface area (Å²) in [7, 11) is 0. The minimum atomic E-state index is 1.13. The van der Waals surface area contributed by atoms with E-state index in [9.17, 15) is 0 Å².